The van der Waals surface area contributed by atoms with Gasteiger partial charge in [0.15, 0.2) is 5.01 Å². The molecule has 0 unspecified atom stereocenters. The second-order valence-corrected chi connectivity index (χ2v) is 7.28. The molecule has 0 radical (unpaired) electrons. The number of ether oxygens (including phenoxy) is 2. The van der Waals surface area contributed by atoms with Gasteiger partial charge in [0.1, 0.15) is 22.8 Å². The molecular weight excluding hydrogens is 366 g/mol. The Kier molecular flexibility index (Phi) is 5.00. The fourth-order valence-electron chi connectivity index (χ4n) is 3.11. The molecule has 3 aromatic rings. The predicted molar refractivity (Wildman–Crippen MR) is 104 cm³/mol. The van der Waals surface area contributed by atoms with Gasteiger partial charge in [0.25, 0.3) is 5.91 Å². The number of hydrogen-bond donors (Lipinski definition) is 1. The predicted octanol–water partition coefficient (Wildman–Crippen LogP) is 2.97. The minimum Gasteiger partial charge on any atom is -0.494 e. The molecule has 1 N–H and O–H groups in total. The largest absolute Gasteiger partial charge is 0.494 e. The van der Waals surface area contributed by atoms with E-state index >= 15 is 0 Å². The third-order valence-electron chi connectivity index (χ3n) is 4.47. The SMILES string of the molecule is COc1ccc(N2CCOCC2)c2sc(C(=O)NCc3ccc(C)o3)nc12. The van der Waals surface area contributed by atoms with E-state index in [4.69, 9.17) is 13.9 Å². The molecule has 0 saturated carbocycles. The summed E-state index contributed by atoms with van der Waals surface area (Å²) in [6.45, 7) is 5.23. The van der Waals surface area contributed by atoms with Crippen LogP contribution in [0.5, 0.6) is 5.75 Å². The third-order valence-corrected chi connectivity index (χ3v) is 5.55. The van der Waals surface area contributed by atoms with E-state index in [1.165, 1.54) is 11.3 Å². The highest BCUT2D eigenvalue weighted by Gasteiger charge is 2.21. The van der Waals surface area contributed by atoms with Crippen LogP contribution in [0, 0.1) is 6.92 Å². The summed E-state index contributed by atoms with van der Waals surface area (Å²) in [6, 6.07) is 7.66. The lowest BCUT2D eigenvalue weighted by Crippen LogP contribution is -2.36. The maximum absolute atomic E-state index is 12.6. The van der Waals surface area contributed by atoms with E-state index in [0.717, 1.165) is 29.2 Å². The Balaban J connectivity index is 1.62. The number of anilines is 1. The summed E-state index contributed by atoms with van der Waals surface area (Å²) in [5.74, 6) is 1.98. The molecule has 7 nitrogen and oxygen atoms in total. The summed E-state index contributed by atoms with van der Waals surface area (Å²) in [4.78, 5) is 19.4. The van der Waals surface area contributed by atoms with E-state index in [-0.39, 0.29) is 5.91 Å². The number of aromatic nitrogens is 1. The number of nitrogens with one attached hydrogen (secondary N) is 1. The lowest BCUT2D eigenvalue weighted by atomic mass is 10.2. The van der Waals surface area contributed by atoms with Crippen LogP contribution in [0.2, 0.25) is 0 Å². The Labute approximate surface area is 160 Å². The van der Waals surface area contributed by atoms with Gasteiger partial charge in [-0.1, -0.05) is 0 Å². The molecule has 142 valence electrons. The first-order chi connectivity index (χ1) is 13.2. The summed E-state index contributed by atoms with van der Waals surface area (Å²) in [5, 5.41) is 3.28. The molecule has 1 aromatic carbocycles. The lowest BCUT2D eigenvalue weighted by molar-refractivity contribution is 0.0947. The van der Waals surface area contributed by atoms with Crippen LogP contribution in [-0.4, -0.2) is 44.3 Å². The average Bonchev–Trinajstić information content (AvgIpc) is 3.32. The van der Waals surface area contributed by atoms with Gasteiger partial charge in [0.05, 0.1) is 37.3 Å². The molecule has 0 spiro atoms. The second kappa shape index (κ2) is 7.58. The quantitative estimate of drug-likeness (QED) is 0.725. The number of hydrogen-bond acceptors (Lipinski definition) is 7. The second-order valence-electron chi connectivity index (χ2n) is 6.28. The van der Waals surface area contributed by atoms with Crippen LogP contribution < -0.4 is 15.0 Å². The van der Waals surface area contributed by atoms with Gasteiger partial charge in [-0.15, -0.1) is 11.3 Å². The topological polar surface area (TPSA) is 76.8 Å². The number of thiazole rings is 1. The molecule has 8 heteroatoms. The maximum atomic E-state index is 12.6. The lowest BCUT2D eigenvalue weighted by Gasteiger charge is -2.29. The fraction of sp³-hybridized carbons (Fsp3) is 0.368. The normalized spacial score (nSPS) is 14.5. The van der Waals surface area contributed by atoms with Crippen molar-refractivity contribution < 1.29 is 18.7 Å². The van der Waals surface area contributed by atoms with Crippen LogP contribution in [0.3, 0.4) is 0 Å². The number of benzene rings is 1. The Morgan fingerprint density at radius 2 is 2.11 bits per heavy atom. The van der Waals surface area contributed by atoms with Crippen molar-refractivity contribution in [1.29, 1.82) is 0 Å². The Hall–Kier alpha value is -2.58. The number of rotatable bonds is 5. The average molecular weight is 387 g/mol. The summed E-state index contributed by atoms with van der Waals surface area (Å²) in [5.41, 5.74) is 1.78. The number of methoxy groups -OCH3 is 1. The molecule has 1 aliphatic heterocycles. The van der Waals surface area contributed by atoms with Crippen molar-refractivity contribution in [2.24, 2.45) is 0 Å². The zero-order chi connectivity index (χ0) is 18.8. The van der Waals surface area contributed by atoms with Crippen molar-refractivity contribution in [2.75, 3.05) is 38.3 Å². The number of fused-ring (bicyclic) bond motifs is 1. The first kappa shape index (κ1) is 17.8. The summed E-state index contributed by atoms with van der Waals surface area (Å²) < 4.78 is 17.3. The number of carbonyl (C=O) groups excluding carboxylic acids is 1. The smallest absolute Gasteiger partial charge is 0.280 e. The van der Waals surface area contributed by atoms with Crippen LogP contribution in [0.4, 0.5) is 5.69 Å². The molecule has 1 amide bonds. The van der Waals surface area contributed by atoms with Crippen molar-refractivity contribution in [3.63, 3.8) is 0 Å². The number of aryl methyl sites for hydroxylation is 1. The molecule has 27 heavy (non-hydrogen) atoms. The number of carbonyl (C=O) groups is 1. The van der Waals surface area contributed by atoms with Crippen LogP contribution in [-0.2, 0) is 11.3 Å². The zero-order valence-corrected chi connectivity index (χ0v) is 16.1. The molecule has 0 atom stereocenters. The Morgan fingerprint density at radius 1 is 1.30 bits per heavy atom. The Morgan fingerprint density at radius 3 is 2.81 bits per heavy atom. The van der Waals surface area contributed by atoms with Gasteiger partial charge in [0.2, 0.25) is 0 Å². The highest BCUT2D eigenvalue weighted by molar-refractivity contribution is 7.21. The number of furan rings is 1. The van der Waals surface area contributed by atoms with E-state index in [1.807, 2.05) is 31.2 Å². The van der Waals surface area contributed by atoms with Gasteiger partial charge < -0.3 is 24.1 Å². The molecule has 4 rings (SSSR count). The van der Waals surface area contributed by atoms with Crippen LogP contribution >= 0.6 is 11.3 Å². The highest BCUT2D eigenvalue weighted by Crippen LogP contribution is 2.37. The van der Waals surface area contributed by atoms with Gasteiger partial charge in [-0.3, -0.25) is 4.79 Å². The van der Waals surface area contributed by atoms with E-state index < -0.39 is 0 Å². The first-order valence-corrected chi connectivity index (χ1v) is 9.61. The molecule has 0 bridgehead atoms. The number of morpholine rings is 1. The Bertz CT molecular complexity index is 959. The van der Waals surface area contributed by atoms with Crippen molar-refractivity contribution in [2.45, 2.75) is 13.5 Å². The molecule has 3 heterocycles. The number of amides is 1. The van der Waals surface area contributed by atoms with E-state index in [1.54, 1.807) is 7.11 Å². The van der Waals surface area contributed by atoms with Crippen LogP contribution in [0.15, 0.2) is 28.7 Å². The van der Waals surface area contributed by atoms with E-state index in [9.17, 15) is 4.79 Å². The van der Waals surface area contributed by atoms with E-state index in [0.29, 0.717) is 41.8 Å². The van der Waals surface area contributed by atoms with Gasteiger partial charge in [-0.05, 0) is 31.2 Å². The van der Waals surface area contributed by atoms with Gasteiger partial charge in [-0.2, -0.15) is 0 Å². The molecule has 0 aliphatic carbocycles. The van der Waals surface area contributed by atoms with Crippen molar-refractivity contribution >= 4 is 33.1 Å². The van der Waals surface area contributed by atoms with Crippen molar-refractivity contribution in [1.82, 2.24) is 10.3 Å². The monoisotopic (exact) mass is 387 g/mol. The summed E-state index contributed by atoms with van der Waals surface area (Å²) in [7, 11) is 1.61. The van der Waals surface area contributed by atoms with Crippen LogP contribution in [0.25, 0.3) is 10.2 Å². The van der Waals surface area contributed by atoms with E-state index in [2.05, 4.69) is 15.2 Å². The van der Waals surface area contributed by atoms with Crippen molar-refractivity contribution in [3.05, 3.63) is 40.8 Å². The van der Waals surface area contributed by atoms with Gasteiger partial charge in [0, 0.05) is 13.1 Å². The minimum atomic E-state index is -0.222. The van der Waals surface area contributed by atoms with Gasteiger partial charge >= 0.3 is 0 Å². The molecule has 1 fully saturated rings. The fourth-order valence-corrected chi connectivity index (χ4v) is 4.15. The van der Waals surface area contributed by atoms with Crippen LogP contribution in [0.1, 0.15) is 21.3 Å². The van der Waals surface area contributed by atoms with Crippen molar-refractivity contribution in [3.8, 4) is 5.75 Å². The standard InChI is InChI=1S/C19H21N3O4S/c1-12-3-4-13(26-12)11-20-18(23)19-21-16-15(24-2)6-5-14(17(16)27-19)22-7-9-25-10-8-22/h3-6H,7-11H2,1-2H3,(H,20,23). The third kappa shape index (κ3) is 3.63. The number of nitrogens with zero attached hydrogens (tertiary/aromatic N) is 2. The highest BCUT2D eigenvalue weighted by atomic mass is 32.1. The summed E-state index contributed by atoms with van der Waals surface area (Å²) >= 11 is 1.38. The maximum Gasteiger partial charge on any atom is 0.280 e. The molecule has 2 aromatic heterocycles. The first-order valence-electron chi connectivity index (χ1n) is 8.79. The molecule has 1 aliphatic rings. The zero-order valence-electron chi connectivity index (χ0n) is 15.3. The van der Waals surface area contributed by atoms with Gasteiger partial charge in [-0.25, -0.2) is 4.98 Å². The minimum absolute atomic E-state index is 0.222. The molecular formula is C19H21N3O4S. The summed E-state index contributed by atoms with van der Waals surface area (Å²) in [6.07, 6.45) is 0. The molecule has 1 saturated heterocycles.